The van der Waals surface area contributed by atoms with Gasteiger partial charge < -0.3 is 4.74 Å². The molecule has 1 aromatic carbocycles. The summed E-state index contributed by atoms with van der Waals surface area (Å²) < 4.78 is 5.94. The summed E-state index contributed by atoms with van der Waals surface area (Å²) in [6.07, 6.45) is 6.70. The van der Waals surface area contributed by atoms with Crippen LogP contribution in [0.2, 0.25) is 0 Å². The second-order valence-corrected chi connectivity index (χ2v) is 8.12. The molecule has 0 aliphatic rings. The summed E-state index contributed by atoms with van der Waals surface area (Å²) in [5.74, 6) is -0.372. The van der Waals surface area contributed by atoms with Crippen LogP contribution in [0.4, 0.5) is 0 Å². The van der Waals surface area contributed by atoms with Gasteiger partial charge in [0.15, 0.2) is 0 Å². The Morgan fingerprint density at radius 2 is 1.57 bits per heavy atom. The van der Waals surface area contributed by atoms with Crippen molar-refractivity contribution in [3.05, 3.63) is 65.0 Å². The fourth-order valence-corrected chi connectivity index (χ4v) is 3.46. The molecule has 1 atom stereocenters. The van der Waals surface area contributed by atoms with Gasteiger partial charge in [0.2, 0.25) is 0 Å². The van der Waals surface area contributed by atoms with E-state index in [9.17, 15) is 4.79 Å². The van der Waals surface area contributed by atoms with Crippen LogP contribution >= 0.6 is 0 Å². The molecule has 0 bridgehead atoms. The van der Waals surface area contributed by atoms with Crippen LogP contribution in [0.25, 0.3) is 0 Å². The lowest BCUT2D eigenvalue weighted by atomic mass is 9.61. The van der Waals surface area contributed by atoms with Gasteiger partial charge in [0.25, 0.3) is 0 Å². The standard InChI is InChI=1S/C24H34BNO2/c1-6-10-18-11-16-21(26-17-18)22(27)28-23(5,7-2)19-12-14-20(15-13-19)24(25,8-3)9-4/h11-17H,6-10,25H2,1-5H3. The summed E-state index contributed by atoms with van der Waals surface area (Å²) in [4.78, 5) is 17.0. The third-order valence-corrected chi connectivity index (χ3v) is 6.32. The van der Waals surface area contributed by atoms with Gasteiger partial charge in [-0.05, 0) is 47.8 Å². The largest absolute Gasteiger partial charge is 0.450 e. The van der Waals surface area contributed by atoms with Crippen LogP contribution in [0.1, 0.15) is 87.5 Å². The van der Waals surface area contributed by atoms with Gasteiger partial charge in [-0.15, -0.1) is 0 Å². The second kappa shape index (κ2) is 9.40. The van der Waals surface area contributed by atoms with Gasteiger partial charge in [0.05, 0.1) is 0 Å². The van der Waals surface area contributed by atoms with E-state index in [1.165, 1.54) is 5.56 Å². The van der Waals surface area contributed by atoms with E-state index in [0.717, 1.165) is 36.8 Å². The zero-order chi connectivity index (χ0) is 20.8. The molecule has 2 rings (SSSR count). The fraction of sp³-hybridized carbons (Fsp3) is 0.500. The Bertz CT molecular complexity index is 766. The van der Waals surface area contributed by atoms with Gasteiger partial charge in [-0.3, -0.25) is 0 Å². The van der Waals surface area contributed by atoms with Gasteiger partial charge in [-0.1, -0.05) is 77.3 Å². The van der Waals surface area contributed by atoms with Crippen molar-refractivity contribution in [2.24, 2.45) is 0 Å². The van der Waals surface area contributed by atoms with Crippen LogP contribution in [0, 0.1) is 0 Å². The average molecular weight is 379 g/mol. The van der Waals surface area contributed by atoms with Crippen LogP contribution in [0.3, 0.4) is 0 Å². The maximum atomic E-state index is 12.7. The molecule has 0 amide bonds. The Hall–Kier alpha value is -2.10. The molecule has 0 radical (unpaired) electrons. The van der Waals surface area contributed by atoms with Crippen molar-refractivity contribution in [2.75, 3.05) is 0 Å². The lowest BCUT2D eigenvalue weighted by Gasteiger charge is -2.31. The fourth-order valence-electron chi connectivity index (χ4n) is 3.46. The predicted molar refractivity (Wildman–Crippen MR) is 119 cm³/mol. The first-order valence-electron chi connectivity index (χ1n) is 10.6. The molecule has 0 aliphatic heterocycles. The van der Waals surface area contributed by atoms with Crippen LogP contribution in [-0.4, -0.2) is 18.8 Å². The zero-order valence-electron chi connectivity index (χ0n) is 18.3. The molecule has 0 N–H and O–H groups in total. The third kappa shape index (κ3) is 4.84. The van der Waals surface area contributed by atoms with E-state index in [1.807, 2.05) is 19.9 Å². The van der Waals surface area contributed by atoms with E-state index in [2.05, 4.69) is 57.9 Å². The van der Waals surface area contributed by atoms with Gasteiger partial charge in [0, 0.05) is 6.20 Å². The number of pyridine rings is 1. The molecule has 0 saturated heterocycles. The Morgan fingerprint density at radius 1 is 0.964 bits per heavy atom. The van der Waals surface area contributed by atoms with Crippen molar-refractivity contribution in [2.45, 2.75) is 77.6 Å². The van der Waals surface area contributed by atoms with Crippen molar-refractivity contribution in [3.63, 3.8) is 0 Å². The number of hydrogen-bond donors (Lipinski definition) is 0. The Labute approximate surface area is 171 Å². The normalized spacial score (nSPS) is 13.8. The number of hydrogen-bond acceptors (Lipinski definition) is 3. The first-order chi connectivity index (χ1) is 13.3. The molecule has 3 nitrogen and oxygen atoms in total. The molecule has 28 heavy (non-hydrogen) atoms. The van der Waals surface area contributed by atoms with Crippen molar-refractivity contribution in [3.8, 4) is 0 Å². The van der Waals surface area contributed by atoms with E-state index in [4.69, 9.17) is 4.74 Å². The van der Waals surface area contributed by atoms with Crippen molar-refractivity contribution in [1.29, 1.82) is 0 Å². The molecular weight excluding hydrogens is 345 g/mol. The van der Waals surface area contributed by atoms with E-state index in [1.54, 1.807) is 12.3 Å². The lowest BCUT2D eigenvalue weighted by molar-refractivity contribution is -0.0147. The van der Waals surface area contributed by atoms with E-state index >= 15 is 0 Å². The second-order valence-electron chi connectivity index (χ2n) is 8.12. The minimum Gasteiger partial charge on any atom is -0.450 e. The molecule has 150 valence electrons. The molecule has 0 aliphatic carbocycles. The number of rotatable bonds is 9. The highest BCUT2D eigenvalue weighted by molar-refractivity contribution is 6.15. The molecule has 4 heteroatoms. The first kappa shape index (κ1) is 22.2. The minimum atomic E-state index is -0.672. The summed E-state index contributed by atoms with van der Waals surface area (Å²) in [6, 6.07) is 12.3. The predicted octanol–water partition coefficient (Wildman–Crippen LogP) is 5.16. The topological polar surface area (TPSA) is 39.2 Å². The quantitative estimate of drug-likeness (QED) is 0.446. The highest BCUT2D eigenvalue weighted by Gasteiger charge is 2.31. The summed E-state index contributed by atoms with van der Waals surface area (Å²) >= 11 is 0. The van der Waals surface area contributed by atoms with Crippen LogP contribution in [-0.2, 0) is 22.1 Å². The zero-order valence-corrected chi connectivity index (χ0v) is 18.3. The lowest BCUT2D eigenvalue weighted by Crippen LogP contribution is -2.29. The van der Waals surface area contributed by atoms with Crippen LogP contribution in [0.5, 0.6) is 0 Å². The number of aromatic nitrogens is 1. The summed E-state index contributed by atoms with van der Waals surface area (Å²) in [5.41, 5.74) is 3.18. The smallest absolute Gasteiger partial charge is 0.357 e. The summed E-state index contributed by atoms with van der Waals surface area (Å²) in [5, 5.41) is 0.183. The summed E-state index contributed by atoms with van der Waals surface area (Å²) in [6.45, 7) is 10.6. The molecule has 2 aromatic rings. The van der Waals surface area contributed by atoms with Gasteiger partial charge in [-0.25, -0.2) is 9.78 Å². The number of aryl methyl sites for hydroxylation is 1. The number of nitrogens with zero attached hydrogens (tertiary/aromatic N) is 1. The maximum absolute atomic E-state index is 12.7. The van der Waals surface area contributed by atoms with E-state index in [0.29, 0.717) is 12.1 Å². The molecular formula is C24H34BNO2. The molecule has 0 fully saturated rings. The molecule has 1 unspecified atom stereocenters. The van der Waals surface area contributed by atoms with Crippen molar-refractivity contribution < 1.29 is 9.53 Å². The molecule has 0 saturated carbocycles. The number of esters is 1. The van der Waals surface area contributed by atoms with Gasteiger partial charge in [0.1, 0.15) is 19.1 Å². The SMILES string of the molecule is BC(CC)(CC)c1ccc(C(C)(CC)OC(=O)c2ccc(CCC)cn2)cc1. The number of carbonyl (C=O) groups is 1. The van der Waals surface area contributed by atoms with E-state index in [-0.39, 0.29) is 11.3 Å². The number of benzene rings is 1. The average Bonchev–Trinajstić information content (AvgIpc) is 2.73. The number of carbonyl (C=O) groups excluding carboxylic acids is 1. The number of ether oxygens (including phenoxy) is 1. The minimum absolute atomic E-state index is 0.183. The Balaban J connectivity index is 2.20. The molecule has 1 heterocycles. The van der Waals surface area contributed by atoms with Gasteiger partial charge in [-0.2, -0.15) is 0 Å². The molecule has 1 aromatic heterocycles. The highest BCUT2D eigenvalue weighted by Crippen LogP contribution is 2.33. The van der Waals surface area contributed by atoms with Crippen LogP contribution < -0.4 is 0 Å². The Kier molecular flexibility index (Phi) is 7.45. The monoisotopic (exact) mass is 379 g/mol. The molecule has 0 spiro atoms. The highest BCUT2D eigenvalue weighted by atomic mass is 16.6. The Morgan fingerprint density at radius 3 is 2.04 bits per heavy atom. The maximum Gasteiger partial charge on any atom is 0.357 e. The summed E-state index contributed by atoms with van der Waals surface area (Å²) in [7, 11) is 2.30. The van der Waals surface area contributed by atoms with E-state index < -0.39 is 5.60 Å². The van der Waals surface area contributed by atoms with Crippen LogP contribution in [0.15, 0.2) is 42.6 Å². The third-order valence-electron chi connectivity index (χ3n) is 6.32. The van der Waals surface area contributed by atoms with Crippen molar-refractivity contribution in [1.82, 2.24) is 4.98 Å². The first-order valence-corrected chi connectivity index (χ1v) is 10.6. The van der Waals surface area contributed by atoms with Gasteiger partial charge >= 0.3 is 5.97 Å². The van der Waals surface area contributed by atoms with Crippen molar-refractivity contribution >= 4 is 13.8 Å².